The van der Waals surface area contributed by atoms with Crippen LogP contribution in [0.5, 0.6) is 11.5 Å². The van der Waals surface area contributed by atoms with E-state index in [1.165, 1.54) is 0 Å². The summed E-state index contributed by atoms with van der Waals surface area (Å²) < 4.78 is 10.8. The third-order valence-corrected chi connectivity index (χ3v) is 5.49. The van der Waals surface area contributed by atoms with Crippen LogP contribution >= 0.6 is 12.4 Å². The van der Waals surface area contributed by atoms with Crippen LogP contribution in [0.4, 0.5) is 0 Å². The van der Waals surface area contributed by atoms with Gasteiger partial charge < -0.3 is 20.5 Å². The number of carbonyl (C=O) groups excluding carboxylic acids is 1. The molecule has 1 aliphatic rings. The summed E-state index contributed by atoms with van der Waals surface area (Å²) in [6, 6.07) is 16.0. The molecule has 0 saturated heterocycles. The van der Waals surface area contributed by atoms with Crippen molar-refractivity contribution >= 4 is 18.3 Å². The number of rotatable bonds is 7. The molecule has 3 unspecified atom stereocenters. The highest BCUT2D eigenvalue weighted by molar-refractivity contribution is 5.85. The van der Waals surface area contributed by atoms with Gasteiger partial charge in [0.25, 0.3) is 0 Å². The average molecular weight is 419 g/mol. The molecule has 158 valence electrons. The number of hydrogen-bond acceptors (Lipinski definition) is 4. The second kappa shape index (κ2) is 11.1. The third-order valence-electron chi connectivity index (χ3n) is 5.49. The van der Waals surface area contributed by atoms with Crippen LogP contribution in [0, 0.1) is 5.92 Å². The fourth-order valence-corrected chi connectivity index (χ4v) is 3.94. The van der Waals surface area contributed by atoms with Crippen molar-refractivity contribution in [2.24, 2.45) is 11.7 Å². The minimum Gasteiger partial charge on any atom is -0.493 e. The van der Waals surface area contributed by atoms with Crippen LogP contribution in [0.25, 0.3) is 0 Å². The van der Waals surface area contributed by atoms with Gasteiger partial charge in [0.2, 0.25) is 5.91 Å². The zero-order chi connectivity index (χ0) is 19.9. The maximum atomic E-state index is 12.9. The van der Waals surface area contributed by atoms with Gasteiger partial charge in [-0.1, -0.05) is 42.8 Å². The van der Waals surface area contributed by atoms with Crippen molar-refractivity contribution in [2.75, 3.05) is 14.2 Å². The second-order valence-electron chi connectivity index (χ2n) is 7.49. The number of hydrogen-bond donors (Lipinski definition) is 2. The number of nitrogens with two attached hydrogens (primary N) is 1. The lowest BCUT2D eigenvalue weighted by Crippen LogP contribution is -2.39. The molecule has 1 saturated carbocycles. The van der Waals surface area contributed by atoms with Crippen LogP contribution in [0.2, 0.25) is 0 Å². The summed E-state index contributed by atoms with van der Waals surface area (Å²) in [5, 5.41) is 3.27. The first-order valence-electron chi connectivity index (χ1n) is 9.92. The quantitative estimate of drug-likeness (QED) is 0.711. The van der Waals surface area contributed by atoms with Crippen molar-refractivity contribution in [1.29, 1.82) is 0 Å². The van der Waals surface area contributed by atoms with E-state index in [2.05, 4.69) is 17.4 Å². The summed E-state index contributed by atoms with van der Waals surface area (Å²) >= 11 is 0. The van der Waals surface area contributed by atoms with Crippen molar-refractivity contribution in [3.8, 4) is 11.5 Å². The molecule has 0 aromatic heterocycles. The van der Waals surface area contributed by atoms with Gasteiger partial charge in [-0.3, -0.25) is 4.79 Å². The molecule has 0 bridgehead atoms. The van der Waals surface area contributed by atoms with Gasteiger partial charge in [0.1, 0.15) is 0 Å². The Hall–Kier alpha value is -2.24. The summed E-state index contributed by atoms with van der Waals surface area (Å²) in [5.41, 5.74) is 8.25. The van der Waals surface area contributed by atoms with Gasteiger partial charge in [-0.05, 0) is 48.9 Å². The Bertz CT molecular complexity index is 785. The predicted octanol–water partition coefficient (Wildman–Crippen LogP) is 4.04. The lowest BCUT2D eigenvalue weighted by Gasteiger charge is -2.28. The molecule has 2 aromatic carbocycles. The largest absolute Gasteiger partial charge is 0.493 e. The summed E-state index contributed by atoms with van der Waals surface area (Å²) in [6.07, 6.45) is 4.39. The number of nitrogens with one attached hydrogen (secondary N) is 1. The molecule has 0 heterocycles. The average Bonchev–Trinajstić information content (AvgIpc) is 2.73. The van der Waals surface area contributed by atoms with Gasteiger partial charge >= 0.3 is 0 Å². The number of carbonyl (C=O) groups is 1. The SMILES string of the molecule is COc1ccc(CC(NC(=O)C2CCCC(N)C2)c2ccccc2)cc1OC.Cl. The van der Waals surface area contributed by atoms with Gasteiger partial charge in [0.15, 0.2) is 11.5 Å². The van der Waals surface area contributed by atoms with E-state index in [0.717, 1.165) is 36.8 Å². The zero-order valence-corrected chi connectivity index (χ0v) is 17.9. The van der Waals surface area contributed by atoms with Gasteiger partial charge in [-0.25, -0.2) is 0 Å². The first-order valence-corrected chi connectivity index (χ1v) is 9.92. The number of amides is 1. The molecule has 0 radical (unpaired) electrons. The third kappa shape index (κ3) is 6.12. The van der Waals surface area contributed by atoms with Crippen molar-refractivity contribution in [2.45, 2.75) is 44.2 Å². The Morgan fingerprint density at radius 3 is 2.48 bits per heavy atom. The summed E-state index contributed by atoms with van der Waals surface area (Å²) in [5.74, 6) is 1.49. The van der Waals surface area contributed by atoms with Crippen molar-refractivity contribution in [1.82, 2.24) is 5.32 Å². The fourth-order valence-electron chi connectivity index (χ4n) is 3.94. The molecular formula is C23H31ClN2O3. The number of halogens is 1. The fraction of sp³-hybridized carbons (Fsp3) is 0.435. The van der Waals surface area contributed by atoms with Gasteiger partial charge in [0, 0.05) is 12.0 Å². The number of benzene rings is 2. The van der Waals surface area contributed by atoms with Crippen LogP contribution in [0.3, 0.4) is 0 Å². The van der Waals surface area contributed by atoms with Crippen LogP contribution in [0.1, 0.15) is 42.9 Å². The van der Waals surface area contributed by atoms with E-state index in [4.69, 9.17) is 15.2 Å². The summed E-state index contributed by atoms with van der Waals surface area (Å²) in [7, 11) is 3.25. The van der Waals surface area contributed by atoms with E-state index in [9.17, 15) is 4.79 Å². The summed E-state index contributed by atoms with van der Waals surface area (Å²) in [6.45, 7) is 0. The van der Waals surface area contributed by atoms with Crippen LogP contribution in [-0.4, -0.2) is 26.2 Å². The van der Waals surface area contributed by atoms with Crippen molar-refractivity contribution < 1.29 is 14.3 Å². The van der Waals surface area contributed by atoms with Gasteiger partial charge in [-0.15, -0.1) is 12.4 Å². The Morgan fingerprint density at radius 2 is 1.83 bits per heavy atom. The Kier molecular flexibility index (Phi) is 8.80. The van der Waals surface area contributed by atoms with E-state index >= 15 is 0 Å². The Labute approximate surface area is 179 Å². The standard InChI is InChI=1S/C23H30N2O3.ClH/c1-27-21-12-11-16(14-22(21)28-2)13-20(17-7-4-3-5-8-17)25-23(26)18-9-6-10-19(24)15-18;/h3-5,7-8,11-12,14,18-20H,6,9-10,13,15,24H2,1-2H3,(H,25,26);1H. The highest BCUT2D eigenvalue weighted by Crippen LogP contribution is 2.30. The maximum Gasteiger partial charge on any atom is 0.223 e. The smallest absolute Gasteiger partial charge is 0.223 e. The van der Waals surface area contributed by atoms with Crippen molar-refractivity contribution in [3.05, 3.63) is 59.7 Å². The topological polar surface area (TPSA) is 73.6 Å². The zero-order valence-electron chi connectivity index (χ0n) is 17.1. The van der Waals surface area contributed by atoms with Crippen molar-refractivity contribution in [3.63, 3.8) is 0 Å². The molecule has 29 heavy (non-hydrogen) atoms. The van der Waals surface area contributed by atoms with E-state index < -0.39 is 0 Å². The van der Waals surface area contributed by atoms with E-state index in [1.54, 1.807) is 14.2 Å². The van der Waals surface area contributed by atoms with Crippen LogP contribution < -0.4 is 20.5 Å². The molecule has 6 heteroatoms. The molecule has 1 fully saturated rings. The Morgan fingerprint density at radius 1 is 1.10 bits per heavy atom. The molecule has 0 aliphatic heterocycles. The highest BCUT2D eigenvalue weighted by atomic mass is 35.5. The van der Waals surface area contributed by atoms with Crippen LogP contribution in [-0.2, 0) is 11.2 Å². The maximum absolute atomic E-state index is 12.9. The van der Waals surface area contributed by atoms with Gasteiger partial charge in [0.05, 0.1) is 20.3 Å². The predicted molar refractivity (Wildman–Crippen MR) is 118 cm³/mol. The molecule has 3 rings (SSSR count). The second-order valence-corrected chi connectivity index (χ2v) is 7.49. The molecule has 3 N–H and O–H groups in total. The van der Waals surface area contributed by atoms with E-state index in [1.807, 2.05) is 36.4 Å². The van der Waals surface area contributed by atoms with Crippen LogP contribution in [0.15, 0.2) is 48.5 Å². The first kappa shape index (κ1) is 23.0. The minimum atomic E-state index is -0.107. The monoisotopic (exact) mass is 418 g/mol. The summed E-state index contributed by atoms with van der Waals surface area (Å²) in [4.78, 5) is 12.9. The lowest BCUT2D eigenvalue weighted by atomic mass is 9.85. The molecule has 5 nitrogen and oxygen atoms in total. The van der Waals surface area contributed by atoms with E-state index in [-0.39, 0.29) is 36.3 Å². The normalized spacial score (nSPS) is 19.6. The first-order chi connectivity index (χ1) is 13.6. The highest BCUT2D eigenvalue weighted by Gasteiger charge is 2.27. The number of methoxy groups -OCH3 is 2. The molecule has 2 aromatic rings. The molecule has 1 aliphatic carbocycles. The molecular weight excluding hydrogens is 388 g/mol. The molecule has 1 amide bonds. The Balaban J connectivity index is 0.00000300. The lowest BCUT2D eigenvalue weighted by molar-refractivity contribution is -0.126. The number of ether oxygens (including phenoxy) is 2. The molecule has 0 spiro atoms. The van der Waals surface area contributed by atoms with E-state index in [0.29, 0.717) is 17.9 Å². The van der Waals surface area contributed by atoms with Gasteiger partial charge in [-0.2, -0.15) is 0 Å². The minimum absolute atomic E-state index is 0. The molecule has 3 atom stereocenters.